The fourth-order valence-corrected chi connectivity index (χ4v) is 3.38. The van der Waals surface area contributed by atoms with Crippen LogP contribution in [0.15, 0.2) is 28.5 Å². The van der Waals surface area contributed by atoms with Gasteiger partial charge in [0, 0.05) is 11.1 Å². The summed E-state index contributed by atoms with van der Waals surface area (Å²) in [6.45, 7) is 1.91. The van der Waals surface area contributed by atoms with E-state index in [0.29, 0.717) is 5.01 Å². The number of anilines is 1. The van der Waals surface area contributed by atoms with E-state index in [-0.39, 0.29) is 17.1 Å². The van der Waals surface area contributed by atoms with Gasteiger partial charge in [-0.25, -0.2) is 22.5 Å². The second-order valence-corrected chi connectivity index (χ2v) is 6.57. The Morgan fingerprint density at radius 1 is 1.47 bits per heavy atom. The molecule has 0 bridgehead atoms. The average molecular weight is 301 g/mol. The minimum absolute atomic E-state index is 0.0810. The number of rotatable bonds is 4. The monoisotopic (exact) mass is 301 g/mol. The minimum Gasteiger partial charge on any atom is -0.398 e. The molecule has 1 aromatic heterocycles. The van der Waals surface area contributed by atoms with E-state index in [1.165, 1.54) is 11.3 Å². The maximum atomic E-state index is 12.9. The van der Waals surface area contributed by atoms with Crippen LogP contribution < -0.4 is 10.5 Å². The standard InChI is InChI=1S/C11H12FN3O2S2/c1-7-6-18-11(15-7)5-14-19(16,17)10-3-2-8(12)4-9(10)13/h2-4,6,14H,5,13H2,1H3. The second kappa shape index (κ2) is 5.24. The SMILES string of the molecule is Cc1csc(CNS(=O)(=O)c2ccc(F)cc2N)n1. The largest absolute Gasteiger partial charge is 0.398 e. The molecule has 0 spiro atoms. The van der Waals surface area contributed by atoms with Crippen molar-refractivity contribution in [1.82, 2.24) is 9.71 Å². The molecular formula is C11H12FN3O2S2. The van der Waals surface area contributed by atoms with E-state index >= 15 is 0 Å². The number of benzene rings is 1. The van der Waals surface area contributed by atoms with Gasteiger partial charge in [0.05, 0.1) is 12.2 Å². The lowest BCUT2D eigenvalue weighted by Crippen LogP contribution is -2.24. The van der Waals surface area contributed by atoms with Crippen molar-refractivity contribution in [3.05, 3.63) is 40.1 Å². The zero-order chi connectivity index (χ0) is 14.0. The van der Waals surface area contributed by atoms with Crippen LogP contribution in [-0.2, 0) is 16.6 Å². The molecule has 0 aliphatic heterocycles. The quantitative estimate of drug-likeness (QED) is 0.841. The number of hydrogen-bond donors (Lipinski definition) is 2. The van der Waals surface area contributed by atoms with Crippen molar-refractivity contribution in [3.8, 4) is 0 Å². The lowest BCUT2D eigenvalue weighted by molar-refractivity contribution is 0.580. The van der Waals surface area contributed by atoms with E-state index in [4.69, 9.17) is 5.73 Å². The van der Waals surface area contributed by atoms with Crippen LogP contribution in [0, 0.1) is 12.7 Å². The Balaban J connectivity index is 2.18. The first kappa shape index (κ1) is 13.9. The number of sulfonamides is 1. The molecule has 0 radical (unpaired) electrons. The molecule has 0 aliphatic carbocycles. The van der Waals surface area contributed by atoms with Gasteiger partial charge in [-0.05, 0) is 25.1 Å². The van der Waals surface area contributed by atoms with Gasteiger partial charge in [-0.2, -0.15) is 0 Å². The van der Waals surface area contributed by atoms with E-state index in [1.807, 2.05) is 12.3 Å². The maximum Gasteiger partial charge on any atom is 0.243 e. The van der Waals surface area contributed by atoms with Crippen LogP contribution in [-0.4, -0.2) is 13.4 Å². The number of nitrogens with one attached hydrogen (secondary N) is 1. The van der Waals surface area contributed by atoms with Crippen molar-refractivity contribution < 1.29 is 12.8 Å². The van der Waals surface area contributed by atoms with E-state index in [9.17, 15) is 12.8 Å². The fourth-order valence-electron chi connectivity index (χ4n) is 1.48. The molecule has 19 heavy (non-hydrogen) atoms. The summed E-state index contributed by atoms with van der Waals surface area (Å²) in [7, 11) is -3.77. The highest BCUT2D eigenvalue weighted by Crippen LogP contribution is 2.19. The van der Waals surface area contributed by atoms with Gasteiger partial charge in [-0.1, -0.05) is 0 Å². The molecule has 3 N–H and O–H groups in total. The van der Waals surface area contributed by atoms with Crippen molar-refractivity contribution in [2.75, 3.05) is 5.73 Å². The Hall–Kier alpha value is -1.51. The van der Waals surface area contributed by atoms with Crippen LogP contribution in [0.3, 0.4) is 0 Å². The zero-order valence-corrected chi connectivity index (χ0v) is 11.7. The van der Waals surface area contributed by atoms with Crippen LogP contribution in [0.1, 0.15) is 10.7 Å². The topological polar surface area (TPSA) is 85.1 Å². The van der Waals surface area contributed by atoms with E-state index in [0.717, 1.165) is 23.9 Å². The Bertz CT molecular complexity index is 698. The Kier molecular flexibility index (Phi) is 3.83. The highest BCUT2D eigenvalue weighted by Gasteiger charge is 2.18. The normalized spacial score (nSPS) is 11.7. The van der Waals surface area contributed by atoms with Crippen LogP contribution in [0.4, 0.5) is 10.1 Å². The number of nitrogens with zero attached hydrogens (tertiary/aromatic N) is 1. The molecule has 0 aliphatic rings. The molecule has 102 valence electrons. The molecule has 0 amide bonds. The number of thiazole rings is 1. The van der Waals surface area contributed by atoms with Crippen molar-refractivity contribution in [2.24, 2.45) is 0 Å². The molecule has 1 aromatic carbocycles. The average Bonchev–Trinajstić information content (AvgIpc) is 2.72. The van der Waals surface area contributed by atoms with E-state index in [1.54, 1.807) is 0 Å². The summed E-state index contributed by atoms with van der Waals surface area (Å²) in [5.41, 5.74) is 6.22. The number of aryl methyl sites for hydroxylation is 1. The fraction of sp³-hybridized carbons (Fsp3) is 0.182. The van der Waals surface area contributed by atoms with Crippen LogP contribution in [0.5, 0.6) is 0 Å². The molecule has 5 nitrogen and oxygen atoms in total. The third-order valence-electron chi connectivity index (χ3n) is 2.34. The van der Waals surface area contributed by atoms with Crippen LogP contribution >= 0.6 is 11.3 Å². The molecule has 2 aromatic rings. The van der Waals surface area contributed by atoms with E-state index < -0.39 is 15.8 Å². The van der Waals surface area contributed by atoms with Gasteiger partial charge in [0.2, 0.25) is 10.0 Å². The highest BCUT2D eigenvalue weighted by atomic mass is 32.2. The molecule has 0 fully saturated rings. The molecule has 0 atom stereocenters. The first-order chi connectivity index (χ1) is 8.88. The van der Waals surface area contributed by atoms with Gasteiger partial charge >= 0.3 is 0 Å². The molecule has 0 saturated heterocycles. The Morgan fingerprint density at radius 2 is 2.21 bits per heavy atom. The lowest BCUT2D eigenvalue weighted by Gasteiger charge is -2.07. The summed E-state index contributed by atoms with van der Waals surface area (Å²) in [4.78, 5) is 4.01. The summed E-state index contributed by atoms with van der Waals surface area (Å²) in [5.74, 6) is -0.577. The van der Waals surface area contributed by atoms with Crippen LogP contribution in [0.2, 0.25) is 0 Å². The molecule has 0 unspecified atom stereocenters. The maximum absolute atomic E-state index is 12.9. The number of nitrogen functional groups attached to an aromatic ring is 1. The second-order valence-electron chi connectivity index (χ2n) is 3.89. The number of aromatic nitrogens is 1. The third-order valence-corrected chi connectivity index (χ3v) is 4.78. The van der Waals surface area contributed by atoms with Crippen molar-refractivity contribution in [2.45, 2.75) is 18.4 Å². The summed E-state index contributed by atoms with van der Waals surface area (Å²) in [6, 6.07) is 3.17. The summed E-state index contributed by atoms with van der Waals surface area (Å²) in [5, 5.41) is 2.48. The van der Waals surface area contributed by atoms with Gasteiger partial charge in [0.1, 0.15) is 15.7 Å². The Morgan fingerprint density at radius 3 is 2.79 bits per heavy atom. The first-order valence-electron chi connectivity index (χ1n) is 5.34. The first-order valence-corrected chi connectivity index (χ1v) is 7.70. The number of nitrogens with two attached hydrogens (primary N) is 1. The van der Waals surface area contributed by atoms with Crippen molar-refractivity contribution in [1.29, 1.82) is 0 Å². The van der Waals surface area contributed by atoms with Gasteiger partial charge < -0.3 is 5.73 Å². The van der Waals surface area contributed by atoms with Crippen molar-refractivity contribution >= 4 is 27.0 Å². The lowest BCUT2D eigenvalue weighted by atomic mass is 10.3. The predicted molar refractivity (Wildman–Crippen MR) is 71.7 cm³/mol. The van der Waals surface area contributed by atoms with Gasteiger partial charge in [-0.3, -0.25) is 0 Å². The minimum atomic E-state index is -3.77. The molecule has 0 saturated carbocycles. The number of hydrogen-bond acceptors (Lipinski definition) is 5. The number of halogens is 1. The van der Waals surface area contributed by atoms with E-state index in [2.05, 4.69) is 9.71 Å². The predicted octanol–water partition coefficient (Wildman–Crippen LogP) is 1.65. The molecular weight excluding hydrogens is 289 g/mol. The Labute approximate surface area is 114 Å². The summed E-state index contributed by atoms with van der Waals surface area (Å²) in [6.07, 6.45) is 0. The van der Waals surface area contributed by atoms with Crippen molar-refractivity contribution in [3.63, 3.8) is 0 Å². The summed E-state index contributed by atoms with van der Waals surface area (Å²) < 4.78 is 39.3. The highest BCUT2D eigenvalue weighted by molar-refractivity contribution is 7.89. The van der Waals surface area contributed by atoms with Gasteiger partial charge in [0.25, 0.3) is 0 Å². The smallest absolute Gasteiger partial charge is 0.243 e. The summed E-state index contributed by atoms with van der Waals surface area (Å²) >= 11 is 1.36. The molecule has 1 heterocycles. The molecule has 8 heteroatoms. The zero-order valence-electron chi connectivity index (χ0n) is 10.1. The van der Waals surface area contributed by atoms with Crippen LogP contribution in [0.25, 0.3) is 0 Å². The third kappa shape index (κ3) is 3.28. The molecule has 2 rings (SSSR count). The van der Waals surface area contributed by atoms with Gasteiger partial charge in [0.15, 0.2) is 0 Å². The van der Waals surface area contributed by atoms with Gasteiger partial charge in [-0.15, -0.1) is 11.3 Å².